The van der Waals surface area contributed by atoms with Crippen molar-refractivity contribution in [1.29, 1.82) is 0 Å². The lowest BCUT2D eigenvalue weighted by molar-refractivity contribution is -0.0661. The lowest BCUT2D eigenvalue weighted by Gasteiger charge is -2.41. The second-order valence-corrected chi connectivity index (χ2v) is 8.71. The highest BCUT2D eigenvalue weighted by Crippen LogP contribution is 2.39. The van der Waals surface area contributed by atoms with E-state index in [4.69, 9.17) is 9.47 Å². The van der Waals surface area contributed by atoms with Crippen LogP contribution in [0.15, 0.2) is 27.1 Å². The van der Waals surface area contributed by atoms with E-state index in [-0.39, 0.29) is 10.9 Å². The Hall–Kier alpha value is -0.560. The minimum atomic E-state index is -1.23. The molecule has 0 aromatic heterocycles. The Bertz CT molecular complexity index is 585. The van der Waals surface area contributed by atoms with Gasteiger partial charge >= 0.3 is 0 Å². The SMILES string of the molecule is CC(C)[S@@+]([O-])/N=C1\CC2(CCCOC2)Oc2ccc(Br)cc21. The van der Waals surface area contributed by atoms with Gasteiger partial charge < -0.3 is 14.0 Å². The van der Waals surface area contributed by atoms with E-state index in [2.05, 4.69) is 20.3 Å². The van der Waals surface area contributed by atoms with E-state index in [0.717, 1.165) is 40.9 Å². The third-order valence-corrected chi connectivity index (χ3v) is 5.66. The number of ether oxygens (including phenoxy) is 2. The smallest absolute Gasteiger partial charge is 0.138 e. The molecular weight excluding hydrogens is 366 g/mol. The van der Waals surface area contributed by atoms with Gasteiger partial charge in [0.25, 0.3) is 0 Å². The van der Waals surface area contributed by atoms with Crippen molar-refractivity contribution in [1.82, 2.24) is 0 Å². The van der Waals surface area contributed by atoms with E-state index in [1.807, 2.05) is 32.0 Å². The van der Waals surface area contributed by atoms with Gasteiger partial charge in [0.1, 0.15) is 22.3 Å². The highest BCUT2D eigenvalue weighted by atomic mass is 79.9. The third kappa shape index (κ3) is 3.35. The molecular formula is C16H20BrNO3S. The zero-order chi connectivity index (χ0) is 15.7. The van der Waals surface area contributed by atoms with Gasteiger partial charge in [-0.25, -0.2) is 0 Å². The number of rotatable bonds is 2. The predicted octanol–water partition coefficient (Wildman–Crippen LogP) is 3.64. The van der Waals surface area contributed by atoms with Crippen LogP contribution < -0.4 is 4.74 Å². The van der Waals surface area contributed by atoms with Crippen molar-refractivity contribution in [2.24, 2.45) is 4.40 Å². The molecule has 2 aliphatic rings. The summed E-state index contributed by atoms with van der Waals surface area (Å²) < 4.78 is 29.6. The second-order valence-electron chi connectivity index (χ2n) is 6.12. The highest BCUT2D eigenvalue weighted by molar-refractivity contribution is 9.10. The van der Waals surface area contributed by atoms with Gasteiger partial charge in [0.15, 0.2) is 0 Å². The maximum absolute atomic E-state index is 12.2. The first kappa shape index (κ1) is 16.3. The van der Waals surface area contributed by atoms with Crippen molar-refractivity contribution >= 4 is 33.0 Å². The molecule has 2 atom stereocenters. The lowest BCUT2D eigenvalue weighted by Crippen LogP contribution is -2.48. The third-order valence-electron chi connectivity index (χ3n) is 3.96. The molecule has 0 N–H and O–H groups in total. The average molecular weight is 386 g/mol. The van der Waals surface area contributed by atoms with Gasteiger partial charge in [-0.1, -0.05) is 20.3 Å². The minimum absolute atomic E-state index is 0.00417. The molecule has 1 aromatic rings. The molecule has 6 heteroatoms. The van der Waals surface area contributed by atoms with Crippen molar-refractivity contribution < 1.29 is 14.0 Å². The standard InChI is InChI=1S/C16H20BrNO3S/c1-11(2)22(19)18-14-9-16(6-3-7-20-10-16)21-15-5-4-12(17)8-13(14)15/h4-5,8,11H,3,6-7,9-10H2,1-2H3/b18-14+/t16?,22-/m1/s1. The average Bonchev–Trinajstić information content (AvgIpc) is 2.49. The van der Waals surface area contributed by atoms with Crippen molar-refractivity contribution in [2.75, 3.05) is 13.2 Å². The van der Waals surface area contributed by atoms with Gasteiger partial charge in [0.2, 0.25) is 0 Å². The van der Waals surface area contributed by atoms with E-state index < -0.39 is 11.4 Å². The molecule has 0 bridgehead atoms. The summed E-state index contributed by atoms with van der Waals surface area (Å²) in [6, 6.07) is 5.89. The topological polar surface area (TPSA) is 53.9 Å². The first-order valence-electron chi connectivity index (χ1n) is 7.54. The molecule has 2 aliphatic heterocycles. The highest BCUT2D eigenvalue weighted by Gasteiger charge is 2.42. The van der Waals surface area contributed by atoms with Crippen molar-refractivity contribution in [3.05, 3.63) is 28.2 Å². The van der Waals surface area contributed by atoms with Crippen LogP contribution in [0.2, 0.25) is 0 Å². The summed E-state index contributed by atoms with van der Waals surface area (Å²) in [4.78, 5) is 0. The molecule has 2 heterocycles. The first-order chi connectivity index (χ1) is 10.5. The molecule has 0 saturated carbocycles. The molecule has 1 unspecified atom stereocenters. The summed E-state index contributed by atoms with van der Waals surface area (Å²) in [7, 11) is 0. The first-order valence-corrected chi connectivity index (χ1v) is 9.50. The van der Waals surface area contributed by atoms with Gasteiger partial charge in [-0.05, 0) is 44.9 Å². The Kier molecular flexibility index (Phi) is 4.83. The molecule has 22 heavy (non-hydrogen) atoms. The Labute approximate surface area is 142 Å². The summed E-state index contributed by atoms with van der Waals surface area (Å²) in [6.45, 7) is 5.18. The summed E-state index contributed by atoms with van der Waals surface area (Å²) in [6.07, 6.45) is 2.57. The quantitative estimate of drug-likeness (QED) is 0.730. The zero-order valence-electron chi connectivity index (χ0n) is 12.8. The molecule has 0 amide bonds. The fraction of sp³-hybridized carbons (Fsp3) is 0.562. The number of hydrogen-bond acceptors (Lipinski definition) is 4. The zero-order valence-corrected chi connectivity index (χ0v) is 15.2. The number of halogens is 1. The van der Waals surface area contributed by atoms with Crippen LogP contribution in [0.4, 0.5) is 0 Å². The molecule has 1 aromatic carbocycles. The van der Waals surface area contributed by atoms with Crippen molar-refractivity contribution in [3.8, 4) is 5.75 Å². The fourth-order valence-corrected chi connectivity index (χ4v) is 3.78. The summed E-state index contributed by atoms with van der Waals surface area (Å²) in [5.74, 6) is 0.805. The van der Waals surface area contributed by atoms with Gasteiger partial charge in [-0.2, -0.15) is 0 Å². The van der Waals surface area contributed by atoms with Crippen LogP contribution in [0.25, 0.3) is 0 Å². The largest absolute Gasteiger partial charge is 0.591 e. The van der Waals surface area contributed by atoms with Gasteiger partial charge in [0.05, 0.1) is 18.0 Å². The Morgan fingerprint density at radius 1 is 1.41 bits per heavy atom. The minimum Gasteiger partial charge on any atom is -0.591 e. The Morgan fingerprint density at radius 3 is 2.91 bits per heavy atom. The molecule has 120 valence electrons. The van der Waals surface area contributed by atoms with E-state index in [1.165, 1.54) is 0 Å². The summed E-state index contributed by atoms with van der Waals surface area (Å²) in [5, 5.41) is 0.00417. The maximum Gasteiger partial charge on any atom is 0.138 e. The van der Waals surface area contributed by atoms with Crippen LogP contribution in [0.5, 0.6) is 5.75 Å². The molecule has 1 fully saturated rings. The van der Waals surface area contributed by atoms with Gasteiger partial charge in [-0.15, -0.1) is 0 Å². The van der Waals surface area contributed by atoms with Crippen LogP contribution in [0.1, 0.15) is 38.7 Å². The maximum atomic E-state index is 12.2. The number of benzene rings is 1. The van der Waals surface area contributed by atoms with Gasteiger partial charge in [-0.3, -0.25) is 0 Å². The molecule has 0 radical (unpaired) electrons. The normalized spacial score (nSPS) is 27.8. The predicted molar refractivity (Wildman–Crippen MR) is 92.0 cm³/mol. The van der Waals surface area contributed by atoms with Crippen molar-refractivity contribution in [2.45, 2.75) is 44.0 Å². The van der Waals surface area contributed by atoms with Crippen LogP contribution in [0, 0.1) is 0 Å². The summed E-state index contributed by atoms with van der Waals surface area (Å²) >= 11 is 2.26. The van der Waals surface area contributed by atoms with E-state index >= 15 is 0 Å². The molecule has 1 spiro atoms. The monoisotopic (exact) mass is 385 g/mol. The Morgan fingerprint density at radius 2 is 2.23 bits per heavy atom. The van der Waals surface area contributed by atoms with E-state index in [9.17, 15) is 4.55 Å². The molecule has 3 rings (SSSR count). The summed E-state index contributed by atoms with van der Waals surface area (Å²) in [5.41, 5.74) is 1.43. The van der Waals surface area contributed by atoms with E-state index in [1.54, 1.807) is 0 Å². The Balaban J connectivity index is 2.01. The van der Waals surface area contributed by atoms with E-state index in [0.29, 0.717) is 13.0 Å². The van der Waals surface area contributed by atoms with Gasteiger partial charge in [0, 0.05) is 23.1 Å². The van der Waals surface area contributed by atoms with Crippen molar-refractivity contribution in [3.63, 3.8) is 0 Å². The molecule has 1 saturated heterocycles. The number of hydrogen-bond donors (Lipinski definition) is 0. The van der Waals surface area contributed by atoms with Crippen LogP contribution in [-0.2, 0) is 16.1 Å². The number of nitrogens with zero attached hydrogens (tertiary/aromatic N) is 1. The fourth-order valence-electron chi connectivity index (χ4n) is 2.83. The van der Waals surface area contributed by atoms with Crippen LogP contribution in [-0.4, -0.2) is 34.3 Å². The number of fused-ring (bicyclic) bond motifs is 1. The van der Waals surface area contributed by atoms with Crippen LogP contribution in [0.3, 0.4) is 0 Å². The van der Waals surface area contributed by atoms with Crippen LogP contribution >= 0.6 is 15.9 Å². The second kappa shape index (κ2) is 6.51. The lowest BCUT2D eigenvalue weighted by atomic mass is 9.85. The molecule has 4 nitrogen and oxygen atoms in total. The molecule has 0 aliphatic carbocycles.